The van der Waals surface area contributed by atoms with Crippen molar-refractivity contribution in [3.63, 3.8) is 0 Å². The third-order valence-corrected chi connectivity index (χ3v) is 4.25. The number of benzene rings is 1. The highest BCUT2D eigenvalue weighted by atomic mass is 16.5. The lowest BCUT2D eigenvalue weighted by atomic mass is 9.94. The first kappa shape index (κ1) is 14.0. The predicted octanol–water partition coefficient (Wildman–Crippen LogP) is 3.44. The molecule has 0 saturated carbocycles. The van der Waals surface area contributed by atoms with E-state index in [9.17, 15) is 0 Å². The second-order valence-electron chi connectivity index (χ2n) is 6.36. The van der Waals surface area contributed by atoms with Gasteiger partial charge in [-0.1, -0.05) is 12.1 Å². The van der Waals surface area contributed by atoms with E-state index in [0.717, 1.165) is 36.6 Å². The summed E-state index contributed by atoms with van der Waals surface area (Å²) >= 11 is 0. The van der Waals surface area contributed by atoms with Gasteiger partial charge in [-0.05, 0) is 45.2 Å². The minimum absolute atomic E-state index is 0.0894. The van der Waals surface area contributed by atoms with Crippen LogP contribution in [0.25, 0.3) is 0 Å². The van der Waals surface area contributed by atoms with E-state index in [-0.39, 0.29) is 5.60 Å². The van der Waals surface area contributed by atoms with Crippen LogP contribution >= 0.6 is 0 Å². The molecule has 0 atom stereocenters. The quantitative estimate of drug-likeness (QED) is 0.939. The molecular formula is C17H23N3O. The van der Waals surface area contributed by atoms with Gasteiger partial charge in [-0.25, -0.2) is 4.98 Å². The lowest BCUT2D eigenvalue weighted by molar-refractivity contribution is 0.0856. The van der Waals surface area contributed by atoms with E-state index in [4.69, 9.17) is 4.74 Å². The van der Waals surface area contributed by atoms with Gasteiger partial charge < -0.3 is 14.6 Å². The molecule has 0 saturated heterocycles. The van der Waals surface area contributed by atoms with Gasteiger partial charge in [0.2, 0.25) is 0 Å². The van der Waals surface area contributed by atoms with Crippen molar-refractivity contribution in [3.05, 3.63) is 41.5 Å². The first-order valence-electron chi connectivity index (χ1n) is 7.48. The number of hydrogen-bond donors (Lipinski definition) is 1. The third-order valence-electron chi connectivity index (χ3n) is 4.25. The maximum Gasteiger partial charge on any atom is 0.146 e. The fourth-order valence-electron chi connectivity index (χ4n) is 2.70. The molecule has 2 aromatic rings. The molecule has 0 bridgehead atoms. The second-order valence-corrected chi connectivity index (χ2v) is 6.36. The maximum atomic E-state index is 6.19. The summed E-state index contributed by atoms with van der Waals surface area (Å²) in [4.78, 5) is 4.33. The molecule has 0 radical (unpaired) electrons. The summed E-state index contributed by atoms with van der Waals surface area (Å²) in [5.41, 5.74) is 3.44. The molecule has 0 aliphatic carbocycles. The Morgan fingerprint density at radius 2 is 2.19 bits per heavy atom. The third kappa shape index (κ3) is 2.75. The Hall–Kier alpha value is -1.97. The summed E-state index contributed by atoms with van der Waals surface area (Å²) in [6.45, 7) is 7.06. The van der Waals surface area contributed by atoms with Crippen LogP contribution in [0.4, 0.5) is 5.69 Å². The van der Waals surface area contributed by atoms with Gasteiger partial charge in [0.1, 0.15) is 17.2 Å². The van der Waals surface area contributed by atoms with Gasteiger partial charge in [0.05, 0.1) is 24.1 Å². The van der Waals surface area contributed by atoms with Crippen molar-refractivity contribution in [1.82, 2.24) is 9.55 Å². The van der Waals surface area contributed by atoms with Crippen LogP contribution in [-0.2, 0) is 20.0 Å². The molecule has 4 nitrogen and oxygen atoms in total. The van der Waals surface area contributed by atoms with Gasteiger partial charge in [-0.15, -0.1) is 0 Å². The fraction of sp³-hybridized carbons (Fsp3) is 0.471. The molecule has 0 fully saturated rings. The zero-order valence-electron chi connectivity index (χ0n) is 13.2. The number of hydrogen-bond acceptors (Lipinski definition) is 3. The highest BCUT2D eigenvalue weighted by Crippen LogP contribution is 2.38. The minimum Gasteiger partial charge on any atom is -0.485 e. The molecule has 3 rings (SSSR count). The number of ether oxygens (including phenoxy) is 1. The van der Waals surface area contributed by atoms with Crippen molar-refractivity contribution >= 4 is 5.69 Å². The second kappa shape index (κ2) is 5.10. The van der Waals surface area contributed by atoms with Crippen molar-refractivity contribution < 1.29 is 4.74 Å². The van der Waals surface area contributed by atoms with E-state index in [0.29, 0.717) is 0 Å². The Kier molecular flexibility index (Phi) is 3.40. The van der Waals surface area contributed by atoms with E-state index >= 15 is 0 Å². The first-order valence-corrected chi connectivity index (χ1v) is 7.48. The number of imidazole rings is 1. The van der Waals surface area contributed by atoms with Crippen LogP contribution < -0.4 is 10.1 Å². The number of nitrogens with one attached hydrogen (secondary N) is 1. The van der Waals surface area contributed by atoms with Crippen LogP contribution in [0.3, 0.4) is 0 Å². The van der Waals surface area contributed by atoms with Crippen LogP contribution in [0.1, 0.15) is 37.4 Å². The van der Waals surface area contributed by atoms with E-state index in [1.54, 1.807) is 0 Å². The van der Waals surface area contributed by atoms with Gasteiger partial charge in [-0.3, -0.25) is 0 Å². The lowest BCUT2D eigenvalue weighted by Crippen LogP contribution is -2.33. The van der Waals surface area contributed by atoms with E-state index in [1.165, 1.54) is 11.3 Å². The minimum atomic E-state index is -0.0894. The van der Waals surface area contributed by atoms with Gasteiger partial charge in [-0.2, -0.15) is 0 Å². The number of anilines is 1. The Bertz CT molecular complexity index is 658. The number of para-hydroxylation sites is 1. The number of aryl methyl sites for hydroxylation is 2. The van der Waals surface area contributed by atoms with Crippen LogP contribution in [0.5, 0.6) is 5.75 Å². The highest BCUT2D eigenvalue weighted by Gasteiger charge is 2.28. The molecule has 1 aliphatic heterocycles. The van der Waals surface area contributed by atoms with Crippen molar-refractivity contribution in [2.24, 2.45) is 7.05 Å². The molecule has 21 heavy (non-hydrogen) atoms. The number of rotatable bonds is 3. The summed E-state index contributed by atoms with van der Waals surface area (Å²) in [5.74, 6) is 2.03. The topological polar surface area (TPSA) is 39.1 Å². The van der Waals surface area contributed by atoms with E-state index in [1.807, 2.05) is 20.2 Å². The van der Waals surface area contributed by atoms with Crippen molar-refractivity contribution in [2.45, 2.75) is 45.8 Å². The number of fused-ring (bicyclic) bond motifs is 1. The predicted molar refractivity (Wildman–Crippen MR) is 84.7 cm³/mol. The lowest BCUT2D eigenvalue weighted by Gasteiger charge is -2.33. The molecule has 1 aliphatic rings. The zero-order valence-corrected chi connectivity index (χ0v) is 13.2. The van der Waals surface area contributed by atoms with Crippen LogP contribution in [0, 0.1) is 6.92 Å². The molecule has 1 aromatic carbocycles. The van der Waals surface area contributed by atoms with Crippen molar-refractivity contribution in [1.29, 1.82) is 0 Å². The molecule has 0 unspecified atom stereocenters. The summed E-state index contributed by atoms with van der Waals surface area (Å²) in [6.07, 6.45) is 4.05. The molecule has 0 amide bonds. The Balaban J connectivity index is 1.82. The zero-order chi connectivity index (χ0) is 15.0. The molecule has 112 valence electrons. The van der Waals surface area contributed by atoms with E-state index in [2.05, 4.69) is 46.9 Å². The van der Waals surface area contributed by atoms with Gasteiger partial charge >= 0.3 is 0 Å². The Labute approximate surface area is 126 Å². The van der Waals surface area contributed by atoms with Crippen LogP contribution in [0.15, 0.2) is 24.4 Å². The van der Waals surface area contributed by atoms with Gasteiger partial charge in [0.15, 0.2) is 0 Å². The van der Waals surface area contributed by atoms with E-state index < -0.39 is 0 Å². The monoisotopic (exact) mass is 285 g/mol. The average molecular weight is 285 g/mol. The molecule has 2 heterocycles. The normalized spacial score (nSPS) is 16.2. The summed E-state index contributed by atoms with van der Waals surface area (Å²) in [5, 5.41) is 3.50. The van der Waals surface area contributed by atoms with Crippen LogP contribution in [0.2, 0.25) is 0 Å². The van der Waals surface area contributed by atoms with Gasteiger partial charge in [0.25, 0.3) is 0 Å². The summed E-state index contributed by atoms with van der Waals surface area (Å²) < 4.78 is 8.29. The highest BCUT2D eigenvalue weighted by molar-refractivity contribution is 5.61. The van der Waals surface area contributed by atoms with Crippen LogP contribution in [-0.4, -0.2) is 15.2 Å². The molecular weight excluding hydrogens is 262 g/mol. The number of aromatic nitrogens is 2. The molecule has 4 heteroatoms. The van der Waals surface area contributed by atoms with Crippen molar-refractivity contribution in [3.8, 4) is 5.75 Å². The first-order chi connectivity index (χ1) is 9.96. The Morgan fingerprint density at radius 1 is 1.38 bits per heavy atom. The molecule has 0 spiro atoms. The fourth-order valence-corrected chi connectivity index (χ4v) is 2.70. The SMILES string of the molecule is Cc1ncc(CNc2cccc3c2OC(C)(C)CC3)n1C. The maximum absolute atomic E-state index is 6.19. The molecule has 1 N–H and O–H groups in total. The number of nitrogens with zero attached hydrogens (tertiary/aromatic N) is 2. The van der Waals surface area contributed by atoms with Crippen molar-refractivity contribution in [2.75, 3.05) is 5.32 Å². The van der Waals surface area contributed by atoms with Gasteiger partial charge in [0, 0.05) is 7.05 Å². The Morgan fingerprint density at radius 3 is 2.90 bits per heavy atom. The summed E-state index contributed by atoms with van der Waals surface area (Å²) in [7, 11) is 2.04. The average Bonchev–Trinajstić information content (AvgIpc) is 2.76. The smallest absolute Gasteiger partial charge is 0.146 e. The molecule has 1 aromatic heterocycles. The standard InChI is InChI=1S/C17H23N3O/c1-12-18-10-14(20(12)4)11-19-15-7-5-6-13-8-9-17(2,3)21-16(13)15/h5-7,10,19H,8-9,11H2,1-4H3. The largest absolute Gasteiger partial charge is 0.485 e. The summed E-state index contributed by atoms with van der Waals surface area (Å²) in [6, 6.07) is 6.34.